The second-order valence-corrected chi connectivity index (χ2v) is 15.6. The van der Waals surface area contributed by atoms with Crippen LogP contribution in [0.3, 0.4) is 0 Å². The van der Waals surface area contributed by atoms with Crippen LogP contribution in [0.1, 0.15) is 141 Å². The summed E-state index contributed by atoms with van der Waals surface area (Å²) in [4.78, 5) is 0. The van der Waals surface area contributed by atoms with E-state index < -0.39 is 0 Å². The summed E-state index contributed by atoms with van der Waals surface area (Å²) in [6.45, 7) is 2.15. The Kier molecular flexibility index (Phi) is 12.0. The number of methoxy groups -OCH3 is 1. The zero-order valence-corrected chi connectivity index (χ0v) is 27.1. The van der Waals surface area contributed by atoms with E-state index >= 15 is 0 Å². The maximum atomic E-state index is 10.5. The Morgan fingerprint density at radius 3 is 1.57 bits per heavy atom. The molecule has 2 N–H and O–H groups in total. The Morgan fingerprint density at radius 1 is 0.524 bits per heavy atom. The van der Waals surface area contributed by atoms with Crippen LogP contribution in [0.4, 0.5) is 0 Å². The van der Waals surface area contributed by atoms with Gasteiger partial charge in [0, 0.05) is 7.11 Å². The standard InChI is InChI=1S/C37H65NO4/c1-40-37-21-13-27(33-7-3-5-9-35(33)37)11-15-29-17-19-31(42-29)23-25-38-24-22-30-18-16-28(41-30)14-10-26-12-20-36(39)34-8-4-2-6-32(26)34/h26-39H,2-25H2,1H3. The molecule has 0 aromatic heterocycles. The van der Waals surface area contributed by atoms with Crippen molar-refractivity contribution in [3.63, 3.8) is 0 Å². The fourth-order valence-electron chi connectivity index (χ4n) is 11.0. The molecule has 0 aromatic carbocycles. The predicted molar refractivity (Wildman–Crippen MR) is 170 cm³/mol. The molecule has 5 nitrogen and oxygen atoms in total. The maximum Gasteiger partial charge on any atom is 0.0602 e. The summed E-state index contributed by atoms with van der Waals surface area (Å²) in [5, 5.41) is 14.2. The third-order valence-electron chi connectivity index (χ3n) is 13.3. The number of nitrogens with one attached hydrogen (secondary N) is 1. The smallest absolute Gasteiger partial charge is 0.0602 e. The van der Waals surface area contributed by atoms with Crippen LogP contribution in [-0.4, -0.2) is 61.9 Å². The molecule has 5 heteroatoms. The number of ether oxygens (including phenoxy) is 3. The Morgan fingerprint density at radius 2 is 1.00 bits per heavy atom. The molecule has 4 saturated carbocycles. The van der Waals surface area contributed by atoms with E-state index in [1.54, 1.807) is 0 Å². The summed E-state index contributed by atoms with van der Waals surface area (Å²) < 4.78 is 18.9. The Balaban J connectivity index is 0.802. The van der Waals surface area contributed by atoms with E-state index in [4.69, 9.17) is 14.2 Å². The zero-order chi connectivity index (χ0) is 28.7. The molecule has 42 heavy (non-hydrogen) atoms. The number of aliphatic hydroxyl groups excluding tert-OH is 1. The number of hydrogen-bond donors (Lipinski definition) is 2. The zero-order valence-electron chi connectivity index (χ0n) is 27.1. The molecule has 0 bridgehead atoms. The quantitative estimate of drug-likeness (QED) is 0.215. The van der Waals surface area contributed by atoms with Crippen LogP contribution in [0.5, 0.6) is 0 Å². The molecule has 12 atom stereocenters. The van der Waals surface area contributed by atoms with Gasteiger partial charge < -0.3 is 24.6 Å². The summed E-state index contributed by atoms with van der Waals surface area (Å²) in [5.41, 5.74) is 0. The van der Waals surface area contributed by atoms with Gasteiger partial charge in [-0.2, -0.15) is 0 Å². The first kappa shape index (κ1) is 31.8. The van der Waals surface area contributed by atoms with E-state index in [0.29, 0.717) is 36.4 Å². The summed E-state index contributed by atoms with van der Waals surface area (Å²) in [7, 11) is 1.94. The highest BCUT2D eigenvalue weighted by molar-refractivity contribution is 4.92. The van der Waals surface area contributed by atoms with Crippen LogP contribution in [0.15, 0.2) is 0 Å². The minimum Gasteiger partial charge on any atom is -0.393 e. The molecule has 242 valence electrons. The third kappa shape index (κ3) is 8.14. The van der Waals surface area contributed by atoms with Crippen molar-refractivity contribution in [2.45, 2.75) is 178 Å². The van der Waals surface area contributed by atoms with Crippen molar-refractivity contribution in [1.29, 1.82) is 0 Å². The molecule has 2 saturated heterocycles. The SMILES string of the molecule is COC1CCC(CCC2CCC(CCNCCC3CCC(CCC4CCC(O)C5CCCCC45)O3)O2)C2CCCCC12. The van der Waals surface area contributed by atoms with E-state index in [1.165, 1.54) is 122 Å². The summed E-state index contributed by atoms with van der Waals surface area (Å²) in [5.74, 6) is 4.86. The van der Waals surface area contributed by atoms with Crippen molar-refractivity contribution in [3.8, 4) is 0 Å². The van der Waals surface area contributed by atoms with Crippen LogP contribution in [0.2, 0.25) is 0 Å². The van der Waals surface area contributed by atoms with Gasteiger partial charge in [-0.05, 0) is 164 Å². The van der Waals surface area contributed by atoms with Gasteiger partial charge in [-0.1, -0.05) is 25.7 Å². The first-order valence-corrected chi connectivity index (χ1v) is 18.9. The lowest BCUT2D eigenvalue weighted by molar-refractivity contribution is -0.0509. The van der Waals surface area contributed by atoms with Crippen molar-refractivity contribution in [3.05, 3.63) is 0 Å². The van der Waals surface area contributed by atoms with Crippen molar-refractivity contribution < 1.29 is 19.3 Å². The van der Waals surface area contributed by atoms with Crippen LogP contribution in [-0.2, 0) is 14.2 Å². The molecule has 0 amide bonds. The van der Waals surface area contributed by atoms with Gasteiger partial charge in [0.1, 0.15) is 0 Å². The second kappa shape index (κ2) is 15.9. The molecule has 2 aliphatic heterocycles. The fourth-order valence-corrected chi connectivity index (χ4v) is 11.0. The maximum absolute atomic E-state index is 10.5. The highest BCUT2D eigenvalue weighted by Gasteiger charge is 2.42. The number of hydrogen-bond acceptors (Lipinski definition) is 5. The Labute approximate surface area is 258 Å². The molecule has 0 aromatic rings. The normalized spacial score (nSPS) is 44.1. The largest absolute Gasteiger partial charge is 0.393 e. The van der Waals surface area contributed by atoms with Gasteiger partial charge in [-0.15, -0.1) is 0 Å². The molecule has 0 radical (unpaired) electrons. The van der Waals surface area contributed by atoms with E-state index in [1.807, 2.05) is 7.11 Å². The van der Waals surface area contributed by atoms with Crippen LogP contribution in [0.25, 0.3) is 0 Å². The third-order valence-corrected chi connectivity index (χ3v) is 13.3. The van der Waals surface area contributed by atoms with E-state index in [0.717, 1.165) is 61.9 Å². The summed E-state index contributed by atoms with van der Waals surface area (Å²) in [6, 6.07) is 0. The first-order chi connectivity index (χ1) is 20.7. The lowest BCUT2D eigenvalue weighted by atomic mass is 9.63. The van der Waals surface area contributed by atoms with Gasteiger partial charge in [-0.3, -0.25) is 0 Å². The van der Waals surface area contributed by atoms with Crippen molar-refractivity contribution in [2.24, 2.45) is 35.5 Å². The molecule has 6 aliphatic rings. The molecule has 4 aliphatic carbocycles. The van der Waals surface area contributed by atoms with Crippen molar-refractivity contribution in [2.75, 3.05) is 20.2 Å². The molecular weight excluding hydrogens is 522 g/mol. The van der Waals surface area contributed by atoms with Gasteiger partial charge in [-0.25, -0.2) is 0 Å². The second-order valence-electron chi connectivity index (χ2n) is 15.6. The lowest BCUT2D eigenvalue weighted by Gasteiger charge is -2.45. The van der Waals surface area contributed by atoms with Crippen LogP contribution < -0.4 is 5.32 Å². The molecule has 2 heterocycles. The van der Waals surface area contributed by atoms with E-state index in [-0.39, 0.29) is 6.10 Å². The van der Waals surface area contributed by atoms with Crippen LogP contribution in [0, 0.1) is 35.5 Å². The summed E-state index contributed by atoms with van der Waals surface area (Å²) in [6.07, 6.45) is 30.9. The highest BCUT2D eigenvalue weighted by atomic mass is 16.5. The van der Waals surface area contributed by atoms with Gasteiger partial charge in [0.05, 0.1) is 36.6 Å². The minimum atomic E-state index is -0.0198. The monoisotopic (exact) mass is 587 g/mol. The van der Waals surface area contributed by atoms with E-state index in [9.17, 15) is 5.11 Å². The van der Waals surface area contributed by atoms with Gasteiger partial charge in [0.15, 0.2) is 0 Å². The molecule has 6 fully saturated rings. The van der Waals surface area contributed by atoms with Crippen LogP contribution >= 0.6 is 0 Å². The average molecular weight is 588 g/mol. The highest BCUT2D eigenvalue weighted by Crippen LogP contribution is 2.48. The fraction of sp³-hybridized carbons (Fsp3) is 1.00. The predicted octanol–water partition coefficient (Wildman–Crippen LogP) is 7.82. The molecule has 12 unspecified atom stereocenters. The van der Waals surface area contributed by atoms with Crippen molar-refractivity contribution in [1.82, 2.24) is 5.32 Å². The number of aliphatic hydroxyl groups is 1. The number of rotatable bonds is 13. The number of fused-ring (bicyclic) bond motifs is 2. The minimum absolute atomic E-state index is 0.0198. The molecule has 6 rings (SSSR count). The average Bonchev–Trinajstić information content (AvgIpc) is 3.69. The molecular formula is C37H65NO4. The van der Waals surface area contributed by atoms with E-state index in [2.05, 4.69) is 5.32 Å². The Bertz CT molecular complexity index is 794. The lowest BCUT2D eigenvalue weighted by Crippen LogP contribution is -2.41. The van der Waals surface area contributed by atoms with Gasteiger partial charge in [0.2, 0.25) is 0 Å². The topological polar surface area (TPSA) is 60.0 Å². The Hall–Kier alpha value is -0.200. The summed E-state index contributed by atoms with van der Waals surface area (Å²) >= 11 is 0. The first-order valence-electron chi connectivity index (χ1n) is 18.9. The van der Waals surface area contributed by atoms with Gasteiger partial charge in [0.25, 0.3) is 0 Å². The molecule has 0 spiro atoms. The van der Waals surface area contributed by atoms with Crippen molar-refractivity contribution >= 4 is 0 Å². The van der Waals surface area contributed by atoms with Gasteiger partial charge >= 0.3 is 0 Å².